The third kappa shape index (κ3) is 4.39. The lowest BCUT2D eigenvalue weighted by atomic mass is 10.3. The highest BCUT2D eigenvalue weighted by Crippen LogP contribution is 2.55. The molecule has 0 saturated carbocycles. The minimum atomic E-state index is -3.40. The van der Waals surface area contributed by atoms with Crippen molar-refractivity contribution < 1.29 is 17.8 Å². The van der Waals surface area contributed by atoms with Crippen LogP contribution in [0.4, 0.5) is 5.69 Å². The molecule has 7 heteroatoms. The molecule has 2 atom stereocenters. The van der Waals surface area contributed by atoms with Crippen LogP contribution in [0.2, 0.25) is 0 Å². The lowest BCUT2D eigenvalue weighted by molar-refractivity contribution is 0.219. The first-order valence-electron chi connectivity index (χ1n) is 6.93. The summed E-state index contributed by atoms with van der Waals surface area (Å²) in [5, 5.41) is 0. The van der Waals surface area contributed by atoms with E-state index in [9.17, 15) is 8.77 Å². The van der Waals surface area contributed by atoms with Gasteiger partial charge in [-0.15, -0.1) is 0 Å². The largest absolute Gasteiger partial charge is 0.377 e. The third-order valence-corrected chi connectivity index (χ3v) is 7.81. The van der Waals surface area contributed by atoms with Gasteiger partial charge in [-0.1, -0.05) is 12.1 Å². The lowest BCUT2D eigenvalue weighted by Gasteiger charge is -2.24. The number of anilines is 1. The van der Waals surface area contributed by atoms with Crippen LogP contribution in [0.5, 0.6) is 0 Å². The van der Waals surface area contributed by atoms with E-state index in [0.29, 0.717) is 4.90 Å². The van der Waals surface area contributed by atoms with Gasteiger partial charge in [-0.25, -0.2) is 0 Å². The highest BCUT2D eigenvalue weighted by Gasteiger charge is 2.37. The molecule has 0 aromatic heterocycles. The summed E-state index contributed by atoms with van der Waals surface area (Å²) in [6, 6.07) is 7.36. The Balaban J connectivity index is 3.15. The second-order valence-corrected chi connectivity index (χ2v) is 9.10. The summed E-state index contributed by atoms with van der Waals surface area (Å²) in [5.74, 6) is 0. The lowest BCUT2D eigenvalue weighted by Crippen LogP contribution is -2.19. The van der Waals surface area contributed by atoms with Gasteiger partial charge < -0.3 is 13.9 Å². The van der Waals surface area contributed by atoms with Crippen molar-refractivity contribution in [3.63, 3.8) is 0 Å². The van der Waals surface area contributed by atoms with Gasteiger partial charge >= 0.3 is 7.60 Å². The minimum Gasteiger partial charge on any atom is -0.377 e. The molecule has 0 aliphatic heterocycles. The number of nitrogens with zero attached hydrogens (tertiary/aromatic N) is 1. The Hall–Kier alpha value is -0.680. The fraction of sp³-hybridized carbons (Fsp3) is 0.571. The van der Waals surface area contributed by atoms with E-state index in [0.717, 1.165) is 5.69 Å². The van der Waals surface area contributed by atoms with Crippen molar-refractivity contribution in [2.75, 3.05) is 32.2 Å². The maximum absolute atomic E-state index is 12.8. The predicted octanol–water partition coefficient (Wildman–Crippen LogP) is 3.47. The van der Waals surface area contributed by atoms with Crippen LogP contribution in [0.25, 0.3) is 0 Å². The van der Waals surface area contributed by atoms with E-state index < -0.39 is 23.4 Å². The summed E-state index contributed by atoms with van der Waals surface area (Å²) in [5.41, 5.74) is 0.835. The van der Waals surface area contributed by atoms with Crippen molar-refractivity contribution in [2.24, 2.45) is 0 Å². The normalized spacial score (nSPS) is 14.7. The van der Waals surface area contributed by atoms with Crippen molar-refractivity contribution in [3.05, 3.63) is 24.3 Å². The van der Waals surface area contributed by atoms with Crippen LogP contribution < -0.4 is 4.90 Å². The van der Waals surface area contributed by atoms with Gasteiger partial charge in [0.15, 0.2) is 0 Å². The van der Waals surface area contributed by atoms with Crippen LogP contribution in [-0.4, -0.2) is 36.5 Å². The van der Waals surface area contributed by atoms with Gasteiger partial charge in [0.25, 0.3) is 0 Å². The molecule has 21 heavy (non-hydrogen) atoms. The van der Waals surface area contributed by atoms with E-state index in [2.05, 4.69) is 0 Å². The van der Waals surface area contributed by atoms with E-state index in [1.54, 1.807) is 26.8 Å². The predicted molar refractivity (Wildman–Crippen MR) is 87.5 cm³/mol. The zero-order chi connectivity index (χ0) is 16.0. The number of para-hydroxylation sites is 1. The molecule has 0 aliphatic rings. The summed E-state index contributed by atoms with van der Waals surface area (Å²) in [6.45, 7) is 5.65. The molecule has 1 aromatic rings. The quantitative estimate of drug-likeness (QED) is 0.682. The van der Waals surface area contributed by atoms with E-state index in [4.69, 9.17) is 9.05 Å². The van der Waals surface area contributed by atoms with Gasteiger partial charge in [-0.3, -0.25) is 8.77 Å². The molecule has 0 fully saturated rings. The Labute approximate surface area is 129 Å². The molecule has 0 amide bonds. The molecule has 0 bridgehead atoms. The van der Waals surface area contributed by atoms with Crippen molar-refractivity contribution >= 4 is 24.1 Å². The molecular weight excluding hydrogens is 309 g/mol. The van der Waals surface area contributed by atoms with E-state index in [1.807, 2.05) is 37.2 Å². The fourth-order valence-corrected chi connectivity index (χ4v) is 5.80. The zero-order valence-electron chi connectivity index (χ0n) is 13.2. The first-order chi connectivity index (χ1) is 9.87. The molecule has 1 aromatic carbocycles. The van der Waals surface area contributed by atoms with Gasteiger partial charge in [-0.2, -0.15) is 0 Å². The smallest absolute Gasteiger partial charge is 0.346 e. The monoisotopic (exact) mass is 333 g/mol. The van der Waals surface area contributed by atoms with Gasteiger partial charge in [0.05, 0.1) is 34.6 Å². The standard InChI is InChI=1S/C14H24NO4PS/c1-6-18-20(16,19-7-2)12(3)21(17)14-11-9-8-10-13(14)15(4)5/h8-12H,6-7H2,1-5H3. The van der Waals surface area contributed by atoms with E-state index in [1.165, 1.54) is 0 Å². The van der Waals surface area contributed by atoms with Gasteiger partial charge in [0.2, 0.25) is 0 Å². The van der Waals surface area contributed by atoms with Gasteiger partial charge in [0.1, 0.15) is 4.99 Å². The van der Waals surface area contributed by atoms with Crippen molar-refractivity contribution in [1.82, 2.24) is 0 Å². The van der Waals surface area contributed by atoms with Crippen LogP contribution in [0, 0.1) is 0 Å². The second kappa shape index (κ2) is 8.08. The summed E-state index contributed by atoms with van der Waals surface area (Å²) in [7, 11) is -1.13. The summed E-state index contributed by atoms with van der Waals surface area (Å²) < 4.78 is 36.2. The molecule has 120 valence electrons. The molecule has 0 heterocycles. The molecular formula is C14H24NO4PS. The van der Waals surface area contributed by atoms with Crippen LogP contribution in [0.3, 0.4) is 0 Å². The second-order valence-electron chi connectivity index (χ2n) is 4.63. The molecule has 0 N–H and O–H groups in total. The Morgan fingerprint density at radius 3 is 2.19 bits per heavy atom. The zero-order valence-corrected chi connectivity index (χ0v) is 14.9. The molecule has 2 unspecified atom stereocenters. The van der Waals surface area contributed by atoms with E-state index >= 15 is 0 Å². The Kier molecular flexibility index (Phi) is 7.07. The van der Waals surface area contributed by atoms with Crippen LogP contribution in [0.1, 0.15) is 20.8 Å². The van der Waals surface area contributed by atoms with Crippen LogP contribution in [-0.2, 0) is 24.4 Å². The minimum absolute atomic E-state index is 0.258. The molecule has 0 radical (unpaired) electrons. The first kappa shape index (κ1) is 18.4. The third-order valence-electron chi connectivity index (χ3n) is 2.94. The van der Waals surface area contributed by atoms with Gasteiger partial charge in [0, 0.05) is 14.1 Å². The topological polar surface area (TPSA) is 55.8 Å². The molecule has 0 spiro atoms. The average molecular weight is 333 g/mol. The highest BCUT2D eigenvalue weighted by atomic mass is 32.2. The summed E-state index contributed by atoms with van der Waals surface area (Å²) in [6.07, 6.45) is 0. The highest BCUT2D eigenvalue weighted by molar-refractivity contribution is 7.93. The first-order valence-corrected chi connectivity index (χ1v) is 9.75. The maximum Gasteiger partial charge on any atom is 0.346 e. The molecule has 0 aliphatic carbocycles. The average Bonchev–Trinajstić information content (AvgIpc) is 2.46. The summed E-state index contributed by atoms with van der Waals surface area (Å²) in [4.78, 5) is 1.79. The molecule has 1 rings (SSSR count). The summed E-state index contributed by atoms with van der Waals surface area (Å²) >= 11 is 0. The molecule has 0 saturated heterocycles. The van der Waals surface area contributed by atoms with Crippen LogP contribution in [0.15, 0.2) is 29.2 Å². The van der Waals surface area contributed by atoms with Crippen molar-refractivity contribution in [3.8, 4) is 0 Å². The van der Waals surface area contributed by atoms with Gasteiger partial charge in [-0.05, 0) is 32.9 Å². The Bertz CT molecular complexity index is 525. The maximum atomic E-state index is 12.8. The number of hydrogen-bond acceptors (Lipinski definition) is 5. The SMILES string of the molecule is CCOP(=O)(OCC)C(C)S(=O)c1ccccc1N(C)C. The number of rotatable bonds is 8. The molecule has 5 nitrogen and oxygen atoms in total. The van der Waals surface area contributed by atoms with E-state index in [-0.39, 0.29) is 13.2 Å². The van der Waals surface area contributed by atoms with Crippen molar-refractivity contribution in [1.29, 1.82) is 0 Å². The van der Waals surface area contributed by atoms with Crippen molar-refractivity contribution in [2.45, 2.75) is 30.7 Å². The Morgan fingerprint density at radius 1 is 1.19 bits per heavy atom. The van der Waals surface area contributed by atoms with Crippen LogP contribution >= 0.6 is 7.60 Å². The number of hydrogen-bond donors (Lipinski definition) is 0. The Morgan fingerprint density at radius 2 is 1.71 bits per heavy atom. The fourth-order valence-electron chi connectivity index (χ4n) is 1.90. The number of benzene rings is 1.